The van der Waals surface area contributed by atoms with E-state index in [1.165, 1.54) is 12.1 Å². The number of nitrogens with one attached hydrogen (secondary N) is 2. The summed E-state index contributed by atoms with van der Waals surface area (Å²) < 4.78 is 28.0. The van der Waals surface area contributed by atoms with Crippen molar-refractivity contribution < 1.29 is 38.2 Å². The van der Waals surface area contributed by atoms with E-state index in [9.17, 15) is 33.1 Å². The van der Waals surface area contributed by atoms with E-state index in [4.69, 9.17) is 5.11 Å². The van der Waals surface area contributed by atoms with Crippen LogP contribution in [0.15, 0.2) is 42.5 Å². The molecule has 3 amide bonds. The zero-order valence-corrected chi connectivity index (χ0v) is 25.8. The van der Waals surface area contributed by atoms with Crippen LogP contribution in [0.5, 0.6) is 0 Å². The normalized spacial score (nSPS) is 13.0. The van der Waals surface area contributed by atoms with Crippen LogP contribution in [0.4, 0.5) is 8.78 Å². The second-order valence-corrected chi connectivity index (χ2v) is 11.0. The molecule has 2 aromatic rings. The molecule has 9 nitrogen and oxygen atoms in total. The van der Waals surface area contributed by atoms with Crippen molar-refractivity contribution in [2.45, 2.75) is 84.3 Å². The molecule has 0 saturated heterocycles. The maximum absolute atomic E-state index is 14.0. The zero-order valence-electron chi connectivity index (χ0n) is 25.8. The molecule has 0 spiro atoms. The second-order valence-electron chi connectivity index (χ2n) is 11.0. The van der Waals surface area contributed by atoms with Gasteiger partial charge in [0, 0.05) is 49.2 Å². The third-order valence-electron chi connectivity index (χ3n) is 7.31. The maximum Gasteiger partial charge on any atom is 0.303 e. The Morgan fingerprint density at radius 3 is 2.14 bits per heavy atom. The van der Waals surface area contributed by atoms with Crippen molar-refractivity contribution in [3.05, 3.63) is 70.8 Å². The highest BCUT2D eigenvalue weighted by atomic mass is 19.1. The number of benzene rings is 2. The standard InChI is InChI=1S/C33H45F2N3O6/c1-4-14-38(15-5-2)33(44)25-11-9-10-24(19-25)32(43)37-28(18-22-16-26(34)21-27(35)17-22)29(39)20-23(6-3)31(42)36-13-8-7-12-30(40)41/h9-11,16-17,19,21,23,28-29,39H,4-8,12-15,18,20H2,1-3H3,(H,36,42)(H,37,43)(H,40,41)/t23-,28+,29+/m1/s1. The van der Waals surface area contributed by atoms with Gasteiger partial charge in [-0.1, -0.05) is 26.8 Å². The summed E-state index contributed by atoms with van der Waals surface area (Å²) in [5, 5.41) is 25.5. The van der Waals surface area contributed by atoms with Gasteiger partial charge in [0.1, 0.15) is 11.6 Å². The van der Waals surface area contributed by atoms with Crippen LogP contribution in [0.3, 0.4) is 0 Å². The molecular formula is C33H45F2N3O6. The molecule has 0 saturated carbocycles. The summed E-state index contributed by atoms with van der Waals surface area (Å²) in [5.74, 6) is -4.25. The van der Waals surface area contributed by atoms with Crippen molar-refractivity contribution in [2.24, 2.45) is 5.92 Å². The maximum atomic E-state index is 14.0. The van der Waals surface area contributed by atoms with Crippen LogP contribution in [0.2, 0.25) is 0 Å². The fourth-order valence-corrected chi connectivity index (χ4v) is 5.02. The van der Waals surface area contributed by atoms with Crippen molar-refractivity contribution in [1.29, 1.82) is 0 Å². The van der Waals surface area contributed by atoms with E-state index in [2.05, 4.69) is 10.6 Å². The van der Waals surface area contributed by atoms with E-state index in [0.29, 0.717) is 37.9 Å². The highest BCUT2D eigenvalue weighted by Crippen LogP contribution is 2.19. The molecule has 0 aliphatic rings. The molecule has 0 heterocycles. The summed E-state index contributed by atoms with van der Waals surface area (Å²) >= 11 is 0. The third kappa shape index (κ3) is 12.0. The lowest BCUT2D eigenvalue weighted by atomic mass is 9.91. The van der Waals surface area contributed by atoms with Gasteiger partial charge in [0.2, 0.25) is 5.91 Å². The molecule has 0 aromatic heterocycles. The molecule has 0 aliphatic heterocycles. The molecule has 242 valence electrons. The van der Waals surface area contributed by atoms with Crippen molar-refractivity contribution in [1.82, 2.24) is 15.5 Å². The summed E-state index contributed by atoms with van der Waals surface area (Å²) in [6.45, 7) is 7.17. The van der Waals surface area contributed by atoms with E-state index in [0.717, 1.165) is 31.0 Å². The highest BCUT2D eigenvalue weighted by Gasteiger charge is 2.28. The summed E-state index contributed by atoms with van der Waals surface area (Å²) in [6.07, 6.45) is 1.43. The Labute approximate surface area is 258 Å². The fraction of sp³-hybridized carbons (Fsp3) is 0.515. The minimum absolute atomic E-state index is 0.000642. The number of carbonyl (C=O) groups is 4. The Morgan fingerprint density at radius 2 is 1.55 bits per heavy atom. The van der Waals surface area contributed by atoms with Crippen LogP contribution in [0, 0.1) is 17.6 Å². The topological polar surface area (TPSA) is 136 Å². The molecule has 0 aliphatic carbocycles. The van der Waals surface area contributed by atoms with Crippen molar-refractivity contribution in [3.63, 3.8) is 0 Å². The van der Waals surface area contributed by atoms with Crippen LogP contribution in [0.25, 0.3) is 0 Å². The monoisotopic (exact) mass is 617 g/mol. The third-order valence-corrected chi connectivity index (χ3v) is 7.31. The number of halogens is 2. The first kappa shape index (κ1) is 36.3. The first-order valence-corrected chi connectivity index (χ1v) is 15.3. The highest BCUT2D eigenvalue weighted by molar-refractivity contribution is 5.99. The number of carboxylic acids is 1. The summed E-state index contributed by atoms with van der Waals surface area (Å²) in [6, 6.07) is 8.19. The predicted molar refractivity (Wildman–Crippen MR) is 163 cm³/mol. The minimum Gasteiger partial charge on any atom is -0.481 e. The summed E-state index contributed by atoms with van der Waals surface area (Å²) in [5.41, 5.74) is 0.731. The minimum atomic E-state index is -1.26. The van der Waals surface area contributed by atoms with Gasteiger partial charge >= 0.3 is 5.97 Å². The smallest absolute Gasteiger partial charge is 0.303 e. The predicted octanol–water partition coefficient (Wildman–Crippen LogP) is 4.72. The number of carbonyl (C=O) groups excluding carboxylic acids is 3. The number of rotatable bonds is 19. The number of unbranched alkanes of at least 4 members (excludes halogenated alkanes) is 1. The Morgan fingerprint density at radius 1 is 0.909 bits per heavy atom. The van der Waals surface area contributed by atoms with Gasteiger partial charge in [-0.15, -0.1) is 0 Å². The summed E-state index contributed by atoms with van der Waals surface area (Å²) in [4.78, 5) is 51.7. The SMILES string of the molecule is CCCN(CCC)C(=O)c1cccc(C(=O)N[C@@H](Cc2cc(F)cc(F)c2)[C@@H](O)C[C@@H](CC)C(=O)NCCCCC(=O)O)c1. The number of aliphatic carboxylic acids is 1. The van der Waals surface area contributed by atoms with Crippen molar-refractivity contribution in [3.8, 4) is 0 Å². The van der Waals surface area contributed by atoms with Crippen LogP contribution < -0.4 is 10.6 Å². The lowest BCUT2D eigenvalue weighted by molar-refractivity contribution is -0.137. The quantitative estimate of drug-likeness (QED) is 0.169. The Hall–Kier alpha value is -3.86. The van der Waals surface area contributed by atoms with Gasteiger partial charge in [0.05, 0.1) is 12.1 Å². The zero-order chi connectivity index (χ0) is 32.6. The Balaban J connectivity index is 2.23. The number of hydrogen-bond donors (Lipinski definition) is 4. The number of nitrogens with zero attached hydrogens (tertiary/aromatic N) is 1. The number of carboxylic acid groups (broad SMARTS) is 1. The van der Waals surface area contributed by atoms with Gasteiger partial charge < -0.3 is 25.7 Å². The molecule has 0 bridgehead atoms. The largest absolute Gasteiger partial charge is 0.481 e. The van der Waals surface area contributed by atoms with Gasteiger partial charge in [0.25, 0.3) is 11.8 Å². The molecule has 3 atom stereocenters. The molecule has 4 N–H and O–H groups in total. The molecule has 11 heteroatoms. The van der Waals surface area contributed by atoms with E-state index in [1.807, 2.05) is 13.8 Å². The van der Waals surface area contributed by atoms with E-state index < -0.39 is 41.6 Å². The molecule has 0 fully saturated rings. The Kier molecular flexibility index (Phi) is 15.5. The van der Waals surface area contributed by atoms with Crippen molar-refractivity contribution in [2.75, 3.05) is 19.6 Å². The van der Waals surface area contributed by atoms with Gasteiger partial charge in [-0.05, 0) is 80.8 Å². The number of aliphatic hydroxyl groups excluding tert-OH is 1. The van der Waals surface area contributed by atoms with Gasteiger partial charge in [-0.25, -0.2) is 8.78 Å². The van der Waals surface area contributed by atoms with Crippen LogP contribution in [0.1, 0.15) is 92.0 Å². The average molecular weight is 618 g/mol. The number of hydrogen-bond acceptors (Lipinski definition) is 5. The fourth-order valence-electron chi connectivity index (χ4n) is 5.02. The van der Waals surface area contributed by atoms with Crippen LogP contribution in [-0.4, -0.2) is 70.6 Å². The molecule has 2 aromatic carbocycles. The van der Waals surface area contributed by atoms with E-state index in [-0.39, 0.29) is 48.7 Å². The molecule has 2 rings (SSSR count). The van der Waals surface area contributed by atoms with Gasteiger partial charge in [-0.2, -0.15) is 0 Å². The van der Waals surface area contributed by atoms with Crippen LogP contribution in [-0.2, 0) is 16.0 Å². The first-order valence-electron chi connectivity index (χ1n) is 15.3. The molecular weight excluding hydrogens is 572 g/mol. The number of aliphatic hydroxyl groups is 1. The van der Waals surface area contributed by atoms with Crippen LogP contribution >= 0.6 is 0 Å². The lowest BCUT2D eigenvalue weighted by Crippen LogP contribution is -2.46. The molecule has 0 radical (unpaired) electrons. The van der Waals surface area contributed by atoms with E-state index in [1.54, 1.807) is 24.0 Å². The van der Waals surface area contributed by atoms with Gasteiger partial charge in [-0.3, -0.25) is 19.2 Å². The molecule has 0 unspecified atom stereocenters. The first-order chi connectivity index (χ1) is 21.0. The van der Waals surface area contributed by atoms with Gasteiger partial charge in [0.15, 0.2) is 0 Å². The lowest BCUT2D eigenvalue weighted by Gasteiger charge is -2.27. The Bertz CT molecular complexity index is 1230. The van der Waals surface area contributed by atoms with Crippen molar-refractivity contribution >= 4 is 23.7 Å². The summed E-state index contributed by atoms with van der Waals surface area (Å²) in [7, 11) is 0. The second kappa shape index (κ2) is 18.7. The number of amides is 3. The average Bonchev–Trinajstić information content (AvgIpc) is 2.98. The van der Waals surface area contributed by atoms with E-state index >= 15 is 0 Å². The molecule has 44 heavy (non-hydrogen) atoms.